The molecule has 0 aromatic heterocycles. The van der Waals surface area contributed by atoms with E-state index >= 15 is 0 Å². The first-order valence-corrected chi connectivity index (χ1v) is 35.6. The second-order valence-corrected chi connectivity index (χ2v) is 24.6. The Hall–Kier alpha value is -1.66. The zero-order valence-electron chi connectivity index (χ0n) is 52.9. The fraction of sp³-hybridized carbons (Fsp3) is 0.917. The van der Waals surface area contributed by atoms with Gasteiger partial charge in [-0.1, -0.05) is 353 Å². The number of allylic oxidation sites excluding steroid dienone is 3. The molecule has 0 aliphatic carbocycles. The average Bonchev–Trinajstić information content (AvgIpc) is 3.44. The second-order valence-electron chi connectivity index (χ2n) is 24.6. The Morgan fingerprint density at radius 3 is 0.910 bits per heavy atom. The minimum atomic E-state index is -0.848. The van der Waals surface area contributed by atoms with Crippen LogP contribution >= 0.6 is 0 Å². The molecule has 0 radical (unpaired) electrons. The lowest BCUT2D eigenvalue weighted by Crippen LogP contribution is -2.45. The summed E-state index contributed by atoms with van der Waals surface area (Å²) in [4.78, 5) is 24.7. The lowest BCUT2D eigenvalue weighted by Gasteiger charge is -2.20. The molecular formula is C72H139NO5. The van der Waals surface area contributed by atoms with Crippen molar-refractivity contribution in [2.75, 3.05) is 13.2 Å². The third-order valence-corrected chi connectivity index (χ3v) is 16.7. The average molecular weight is 1100 g/mol. The maximum absolute atomic E-state index is 12.5. The van der Waals surface area contributed by atoms with Gasteiger partial charge in [0, 0.05) is 12.8 Å². The van der Waals surface area contributed by atoms with Crippen molar-refractivity contribution in [1.82, 2.24) is 5.32 Å². The number of rotatable bonds is 67. The van der Waals surface area contributed by atoms with Crippen molar-refractivity contribution in [3.63, 3.8) is 0 Å². The summed E-state index contributed by atoms with van der Waals surface area (Å²) in [6.45, 7) is 4.93. The SMILES string of the molecule is CCCCCCCC/C=C\CCCCCCCCCCCC(=O)OCCCCCCCCCCCCCCCCCCCCCC(=O)NC(CO)C(O)/C=C/CCCCCCCCCCCCCCCCCCCCCCC. The molecule has 1 amide bonds. The normalized spacial score (nSPS) is 12.6. The van der Waals surface area contributed by atoms with Crippen LogP contribution < -0.4 is 5.32 Å². The van der Waals surface area contributed by atoms with Crippen LogP contribution in [-0.4, -0.2) is 47.4 Å². The number of carbonyl (C=O) groups is 2. The second kappa shape index (κ2) is 67.8. The number of nitrogens with one attached hydrogen (secondary N) is 1. The van der Waals surface area contributed by atoms with Crippen molar-refractivity contribution in [2.24, 2.45) is 0 Å². The minimum Gasteiger partial charge on any atom is -0.466 e. The lowest BCUT2D eigenvalue weighted by atomic mass is 10.0. The highest BCUT2D eigenvalue weighted by Gasteiger charge is 2.18. The predicted molar refractivity (Wildman–Crippen MR) is 343 cm³/mol. The van der Waals surface area contributed by atoms with Crippen LogP contribution in [0, 0.1) is 0 Å². The topological polar surface area (TPSA) is 95.9 Å². The molecule has 0 aromatic carbocycles. The third-order valence-electron chi connectivity index (χ3n) is 16.7. The van der Waals surface area contributed by atoms with Crippen LogP contribution in [0.4, 0.5) is 0 Å². The maximum Gasteiger partial charge on any atom is 0.305 e. The molecule has 0 aliphatic heterocycles. The van der Waals surface area contributed by atoms with Crippen LogP contribution in [0.15, 0.2) is 24.3 Å². The number of ether oxygens (including phenoxy) is 1. The molecule has 2 atom stereocenters. The summed E-state index contributed by atoms with van der Waals surface area (Å²) in [5, 5.41) is 23.3. The number of hydrogen-bond acceptors (Lipinski definition) is 5. The first-order valence-electron chi connectivity index (χ1n) is 35.6. The summed E-state index contributed by atoms with van der Waals surface area (Å²) in [7, 11) is 0. The molecule has 0 bridgehead atoms. The van der Waals surface area contributed by atoms with E-state index in [-0.39, 0.29) is 18.5 Å². The highest BCUT2D eigenvalue weighted by Crippen LogP contribution is 2.19. The van der Waals surface area contributed by atoms with Crippen molar-refractivity contribution in [3.8, 4) is 0 Å². The number of carbonyl (C=O) groups excluding carboxylic acids is 2. The molecule has 0 saturated heterocycles. The highest BCUT2D eigenvalue weighted by atomic mass is 16.5. The molecule has 78 heavy (non-hydrogen) atoms. The fourth-order valence-corrected chi connectivity index (χ4v) is 11.3. The predicted octanol–water partition coefficient (Wildman–Crippen LogP) is 22.9. The Morgan fingerprint density at radius 1 is 0.346 bits per heavy atom. The number of hydrogen-bond donors (Lipinski definition) is 3. The van der Waals surface area contributed by atoms with Crippen molar-refractivity contribution >= 4 is 11.9 Å². The van der Waals surface area contributed by atoms with E-state index in [0.29, 0.717) is 19.4 Å². The zero-order chi connectivity index (χ0) is 56.4. The molecule has 0 heterocycles. The smallest absolute Gasteiger partial charge is 0.305 e. The van der Waals surface area contributed by atoms with Gasteiger partial charge < -0.3 is 20.3 Å². The monoisotopic (exact) mass is 1100 g/mol. The number of esters is 1. The van der Waals surface area contributed by atoms with Gasteiger partial charge in [-0.2, -0.15) is 0 Å². The highest BCUT2D eigenvalue weighted by molar-refractivity contribution is 5.76. The van der Waals surface area contributed by atoms with E-state index in [1.165, 1.54) is 327 Å². The van der Waals surface area contributed by atoms with Gasteiger partial charge in [0.05, 0.1) is 25.4 Å². The quantitative estimate of drug-likeness (QED) is 0.0320. The van der Waals surface area contributed by atoms with Crippen LogP contribution in [0.2, 0.25) is 0 Å². The summed E-state index contributed by atoms with van der Waals surface area (Å²) in [5.41, 5.74) is 0. The van der Waals surface area contributed by atoms with E-state index in [2.05, 4.69) is 31.3 Å². The molecular weight excluding hydrogens is 959 g/mol. The van der Waals surface area contributed by atoms with Gasteiger partial charge in [0.25, 0.3) is 0 Å². The first-order chi connectivity index (χ1) is 38.5. The molecule has 0 saturated carbocycles. The summed E-state index contributed by atoms with van der Waals surface area (Å²) in [6.07, 6.45) is 85.3. The number of aliphatic hydroxyl groups excluding tert-OH is 2. The largest absolute Gasteiger partial charge is 0.466 e. The van der Waals surface area contributed by atoms with Gasteiger partial charge in [-0.05, 0) is 57.8 Å². The Labute approximate surface area is 488 Å². The van der Waals surface area contributed by atoms with E-state index in [1.807, 2.05) is 6.08 Å². The Kier molecular flexibility index (Phi) is 66.4. The van der Waals surface area contributed by atoms with Crippen molar-refractivity contribution in [2.45, 2.75) is 411 Å². The van der Waals surface area contributed by atoms with Gasteiger partial charge in [-0.3, -0.25) is 9.59 Å². The number of amides is 1. The first kappa shape index (κ1) is 76.3. The van der Waals surface area contributed by atoms with Gasteiger partial charge in [0.15, 0.2) is 0 Å². The Morgan fingerprint density at radius 2 is 0.603 bits per heavy atom. The summed E-state index contributed by atoms with van der Waals surface area (Å²) in [5.74, 6) is -0.0574. The molecule has 0 aliphatic rings. The Bertz CT molecular complexity index is 1220. The van der Waals surface area contributed by atoms with E-state index in [1.54, 1.807) is 6.08 Å². The molecule has 6 nitrogen and oxygen atoms in total. The fourth-order valence-electron chi connectivity index (χ4n) is 11.3. The number of unbranched alkanes of at least 4 members (excludes halogenated alkanes) is 54. The molecule has 2 unspecified atom stereocenters. The molecule has 6 heteroatoms. The van der Waals surface area contributed by atoms with Gasteiger partial charge in [0.2, 0.25) is 5.91 Å². The summed E-state index contributed by atoms with van der Waals surface area (Å²) in [6, 6.07) is -0.631. The van der Waals surface area contributed by atoms with Crippen molar-refractivity contribution in [1.29, 1.82) is 0 Å². The Balaban J connectivity index is 3.41. The molecule has 0 rings (SSSR count). The molecule has 0 aromatic rings. The van der Waals surface area contributed by atoms with E-state index in [9.17, 15) is 19.8 Å². The zero-order valence-corrected chi connectivity index (χ0v) is 52.9. The molecule has 3 N–H and O–H groups in total. The van der Waals surface area contributed by atoms with Gasteiger partial charge >= 0.3 is 5.97 Å². The van der Waals surface area contributed by atoms with Crippen LogP contribution in [0.5, 0.6) is 0 Å². The lowest BCUT2D eigenvalue weighted by molar-refractivity contribution is -0.143. The van der Waals surface area contributed by atoms with E-state index in [4.69, 9.17) is 4.74 Å². The van der Waals surface area contributed by atoms with Gasteiger partial charge in [-0.25, -0.2) is 0 Å². The van der Waals surface area contributed by atoms with Crippen molar-refractivity contribution < 1.29 is 24.5 Å². The van der Waals surface area contributed by atoms with Crippen LogP contribution in [0.25, 0.3) is 0 Å². The minimum absolute atomic E-state index is 0.00900. The van der Waals surface area contributed by atoms with Crippen LogP contribution in [0.3, 0.4) is 0 Å². The third kappa shape index (κ3) is 63.5. The molecule has 0 spiro atoms. The van der Waals surface area contributed by atoms with Crippen LogP contribution in [-0.2, 0) is 14.3 Å². The number of aliphatic hydroxyl groups is 2. The molecule has 0 fully saturated rings. The van der Waals surface area contributed by atoms with Crippen molar-refractivity contribution in [3.05, 3.63) is 24.3 Å². The van der Waals surface area contributed by atoms with Gasteiger partial charge in [0.1, 0.15) is 0 Å². The van der Waals surface area contributed by atoms with E-state index in [0.717, 1.165) is 44.9 Å². The van der Waals surface area contributed by atoms with Crippen LogP contribution in [0.1, 0.15) is 399 Å². The van der Waals surface area contributed by atoms with Gasteiger partial charge in [-0.15, -0.1) is 0 Å². The standard InChI is InChI=1S/C72H139NO5/c1-3-5-7-9-11-13-15-17-19-21-23-24-25-26-29-32-36-40-44-48-52-56-60-64-70(75)69(68-74)73-71(76)65-61-57-53-49-45-41-37-33-30-27-31-35-39-43-47-51-55-59-63-67-78-72(77)66-62-58-54-50-46-42-38-34-28-22-20-18-16-14-12-10-8-6-4-2/h18,20,60,64,69-70,74-75H,3-17,19,21-59,61-63,65-68H2,1-2H3,(H,73,76)/b20-18-,64-60+. The molecule has 462 valence electrons. The maximum atomic E-state index is 12.5. The summed E-state index contributed by atoms with van der Waals surface area (Å²) >= 11 is 0. The van der Waals surface area contributed by atoms with E-state index < -0.39 is 12.1 Å². The summed E-state index contributed by atoms with van der Waals surface area (Å²) < 4.78 is 5.51.